The number of rotatable bonds is 6. The van der Waals surface area contributed by atoms with Crippen molar-refractivity contribution in [3.8, 4) is 0 Å². The van der Waals surface area contributed by atoms with Crippen LogP contribution < -0.4 is 0 Å². The average molecular weight is 436 g/mol. The molecule has 1 unspecified atom stereocenters. The zero-order chi connectivity index (χ0) is 18.6. The monoisotopic (exact) mass is 436 g/mol. The predicted octanol–water partition coefficient (Wildman–Crippen LogP) is 2.62. The molecule has 0 aliphatic heterocycles. The SMILES string of the molecule is CC(S)S.CCCC(=O)O.CCCC(=O)O.CCCC(=O)O.[AsH3]. The molecule has 0 fully saturated rings. The fraction of sp³-hybridized carbons (Fsp3) is 0.786. The normalized spacial score (nSPS) is 7.96. The van der Waals surface area contributed by atoms with E-state index >= 15 is 0 Å². The maximum absolute atomic E-state index is 9.60. The first-order valence-corrected chi connectivity index (χ1v) is 8.09. The van der Waals surface area contributed by atoms with Crippen LogP contribution in [0.25, 0.3) is 0 Å². The van der Waals surface area contributed by atoms with Crippen LogP contribution in [0.5, 0.6) is 0 Å². The van der Waals surface area contributed by atoms with Gasteiger partial charge in [-0.1, -0.05) is 20.8 Å². The van der Waals surface area contributed by atoms with Gasteiger partial charge in [-0.3, -0.25) is 14.4 Å². The maximum atomic E-state index is 9.60. The molecule has 0 heterocycles. The number of carboxylic acid groups (broad SMARTS) is 3. The predicted molar refractivity (Wildman–Crippen MR) is 105 cm³/mol. The third-order valence-electron chi connectivity index (χ3n) is 1.39. The Morgan fingerprint density at radius 2 is 0.870 bits per heavy atom. The van der Waals surface area contributed by atoms with Gasteiger partial charge in [-0.25, -0.2) is 0 Å². The number of hydrogen-bond acceptors (Lipinski definition) is 5. The van der Waals surface area contributed by atoms with Gasteiger partial charge < -0.3 is 15.3 Å². The van der Waals surface area contributed by atoms with E-state index in [2.05, 4.69) is 25.3 Å². The Morgan fingerprint density at radius 1 is 0.739 bits per heavy atom. The minimum atomic E-state index is -0.711. The van der Waals surface area contributed by atoms with E-state index in [1.165, 1.54) is 0 Å². The first-order chi connectivity index (χ1) is 10.0. The van der Waals surface area contributed by atoms with Crippen LogP contribution >= 0.6 is 25.3 Å². The summed E-state index contributed by atoms with van der Waals surface area (Å²) in [7, 11) is 0. The molecule has 0 rings (SSSR count). The number of thiol groups is 2. The molecule has 0 aromatic rings. The molecular weight excluding hydrogens is 403 g/mol. The van der Waals surface area contributed by atoms with Crippen LogP contribution in [-0.4, -0.2) is 55.8 Å². The van der Waals surface area contributed by atoms with Crippen molar-refractivity contribution < 1.29 is 29.7 Å². The molecule has 0 aliphatic carbocycles. The van der Waals surface area contributed by atoms with E-state index in [4.69, 9.17) is 15.3 Å². The third-order valence-corrected chi connectivity index (χ3v) is 1.39. The zero-order valence-electron chi connectivity index (χ0n) is 14.5. The molecule has 0 aromatic heterocycles. The van der Waals surface area contributed by atoms with Crippen molar-refractivity contribution in [2.75, 3.05) is 0 Å². The van der Waals surface area contributed by atoms with E-state index in [9.17, 15) is 14.4 Å². The standard InChI is InChI=1S/3C4H8O2.C2H6S2.AsH3/c3*1-2-3-4(5)6;1-2(3)4;/h3*2-3H2,1H3,(H,5,6);2-4H,1H3;1H3. The van der Waals surface area contributed by atoms with Gasteiger partial charge in [0.15, 0.2) is 0 Å². The Kier molecular flexibility index (Phi) is 44.0. The topological polar surface area (TPSA) is 112 Å². The van der Waals surface area contributed by atoms with Gasteiger partial charge in [0.1, 0.15) is 0 Å². The van der Waals surface area contributed by atoms with Crippen LogP contribution in [0.4, 0.5) is 0 Å². The second-order valence-corrected chi connectivity index (χ2v) is 6.02. The summed E-state index contributed by atoms with van der Waals surface area (Å²) in [5.74, 6) is -2.13. The van der Waals surface area contributed by atoms with E-state index in [0.717, 1.165) is 19.3 Å². The minimum absolute atomic E-state index is 0. The van der Waals surface area contributed by atoms with Crippen LogP contribution in [0.1, 0.15) is 66.2 Å². The molecule has 6 nitrogen and oxygen atoms in total. The molecule has 142 valence electrons. The Morgan fingerprint density at radius 3 is 0.870 bits per heavy atom. The fourth-order valence-corrected chi connectivity index (χ4v) is 0.642. The summed E-state index contributed by atoms with van der Waals surface area (Å²) >= 11 is 7.66. The van der Waals surface area contributed by atoms with Gasteiger partial charge in [0, 0.05) is 23.8 Å². The van der Waals surface area contributed by atoms with Crippen molar-refractivity contribution in [3.05, 3.63) is 0 Å². The molecule has 0 saturated heterocycles. The van der Waals surface area contributed by atoms with Crippen molar-refractivity contribution in [1.29, 1.82) is 0 Å². The zero-order valence-corrected chi connectivity index (χ0v) is 19.2. The molecule has 0 amide bonds. The van der Waals surface area contributed by atoms with Gasteiger partial charge >= 0.3 is 35.9 Å². The molecule has 0 bridgehead atoms. The fourth-order valence-electron chi connectivity index (χ4n) is 0.642. The Labute approximate surface area is 161 Å². The molecule has 3 N–H and O–H groups in total. The molecule has 0 radical (unpaired) electrons. The molecule has 0 spiro atoms. The number of aliphatic carboxylic acids is 3. The Hall–Kier alpha value is -0.332. The van der Waals surface area contributed by atoms with Gasteiger partial charge in [0.25, 0.3) is 0 Å². The van der Waals surface area contributed by atoms with Crippen LogP contribution in [0, 0.1) is 0 Å². The van der Waals surface area contributed by atoms with E-state index < -0.39 is 17.9 Å². The molecular formula is C14H33AsO6S2. The van der Waals surface area contributed by atoms with E-state index in [1.54, 1.807) is 0 Å². The number of hydrogen-bond donors (Lipinski definition) is 5. The molecule has 0 aliphatic rings. The van der Waals surface area contributed by atoms with Crippen molar-refractivity contribution in [2.24, 2.45) is 0 Å². The summed E-state index contributed by atoms with van der Waals surface area (Å²) < 4.78 is 0.222. The Balaban J connectivity index is -0.0000000624. The average Bonchev–Trinajstić information content (AvgIpc) is 2.28. The summed E-state index contributed by atoms with van der Waals surface area (Å²) in [5.41, 5.74) is 0. The summed E-state index contributed by atoms with van der Waals surface area (Å²) in [4.78, 5) is 28.8. The molecule has 23 heavy (non-hydrogen) atoms. The van der Waals surface area contributed by atoms with Gasteiger partial charge in [-0.15, -0.1) is 0 Å². The van der Waals surface area contributed by atoms with Gasteiger partial charge in [0.05, 0.1) is 0 Å². The van der Waals surface area contributed by atoms with Gasteiger partial charge in [-0.2, -0.15) is 25.3 Å². The van der Waals surface area contributed by atoms with E-state index in [1.807, 2.05) is 27.7 Å². The Bertz CT molecular complexity index is 235. The number of carboxylic acids is 3. The number of carbonyl (C=O) groups is 3. The quantitative estimate of drug-likeness (QED) is 0.249. The van der Waals surface area contributed by atoms with Gasteiger partial charge in [0.2, 0.25) is 0 Å². The summed E-state index contributed by atoms with van der Waals surface area (Å²) in [5, 5.41) is 23.7. The first kappa shape index (κ1) is 34.1. The van der Waals surface area contributed by atoms with Gasteiger partial charge in [-0.05, 0) is 26.2 Å². The first-order valence-electron chi connectivity index (χ1n) is 7.06. The van der Waals surface area contributed by atoms with Crippen LogP contribution in [0.2, 0.25) is 0 Å². The van der Waals surface area contributed by atoms with E-state index in [-0.39, 0.29) is 22.5 Å². The van der Waals surface area contributed by atoms with Crippen LogP contribution in [0.15, 0.2) is 0 Å². The van der Waals surface area contributed by atoms with Crippen LogP contribution in [-0.2, 0) is 14.4 Å². The van der Waals surface area contributed by atoms with Crippen molar-refractivity contribution in [1.82, 2.24) is 0 Å². The van der Waals surface area contributed by atoms with Crippen molar-refractivity contribution in [2.45, 2.75) is 70.8 Å². The summed E-state index contributed by atoms with van der Waals surface area (Å²) in [6.07, 6.45) is 3.07. The van der Waals surface area contributed by atoms with Crippen molar-refractivity contribution in [3.63, 3.8) is 0 Å². The second-order valence-electron chi connectivity index (χ2n) is 4.06. The summed E-state index contributed by atoms with van der Waals surface area (Å²) in [6, 6.07) is 0. The van der Waals surface area contributed by atoms with Crippen molar-refractivity contribution >= 4 is 61.1 Å². The molecule has 0 saturated carbocycles. The van der Waals surface area contributed by atoms with E-state index in [0.29, 0.717) is 19.3 Å². The van der Waals surface area contributed by atoms with Crippen LogP contribution in [0.3, 0.4) is 0 Å². The molecule has 0 aromatic carbocycles. The third kappa shape index (κ3) is 112. The summed E-state index contributed by atoms with van der Waals surface area (Å²) in [6.45, 7) is 7.42. The molecule has 9 heteroatoms. The second kappa shape index (κ2) is 29.7. The molecule has 1 atom stereocenters.